The van der Waals surface area contributed by atoms with E-state index in [2.05, 4.69) is 20.1 Å². The van der Waals surface area contributed by atoms with Gasteiger partial charge in [0, 0.05) is 19.4 Å². The van der Waals surface area contributed by atoms with Crippen LogP contribution in [-0.4, -0.2) is 37.5 Å². The zero-order chi connectivity index (χ0) is 17.2. The minimum absolute atomic E-state index is 0.0990. The number of para-hydroxylation sites is 2. The van der Waals surface area contributed by atoms with Gasteiger partial charge in [0.05, 0.1) is 11.0 Å². The molecule has 1 amide bonds. The molecule has 3 aromatic rings. The fourth-order valence-corrected chi connectivity index (χ4v) is 3.43. The average molecular weight is 339 g/mol. The minimum atomic E-state index is -0.0990. The van der Waals surface area contributed by atoms with Gasteiger partial charge >= 0.3 is 0 Å². The summed E-state index contributed by atoms with van der Waals surface area (Å²) in [6, 6.07) is 7.79. The number of rotatable bonds is 4. The number of aromatic nitrogens is 4. The van der Waals surface area contributed by atoms with E-state index in [-0.39, 0.29) is 11.9 Å². The molecule has 4 rings (SSSR count). The van der Waals surface area contributed by atoms with Gasteiger partial charge in [-0.05, 0) is 38.3 Å². The second-order valence-electron chi connectivity index (χ2n) is 6.48. The highest BCUT2D eigenvalue weighted by molar-refractivity contribution is 5.77. The number of benzene rings is 1. The third-order valence-electron chi connectivity index (χ3n) is 4.67. The van der Waals surface area contributed by atoms with E-state index in [0.717, 1.165) is 42.7 Å². The van der Waals surface area contributed by atoms with Crippen molar-refractivity contribution < 1.29 is 9.32 Å². The lowest BCUT2D eigenvalue weighted by Crippen LogP contribution is -2.38. The summed E-state index contributed by atoms with van der Waals surface area (Å²) in [4.78, 5) is 26.8. The van der Waals surface area contributed by atoms with Crippen LogP contribution in [0.25, 0.3) is 11.0 Å². The number of carbonyl (C=O) groups is 1. The fraction of sp³-hybridized carbons (Fsp3) is 0.444. The largest absolute Gasteiger partial charge is 0.342 e. The number of hydrogen-bond donors (Lipinski definition) is 1. The van der Waals surface area contributed by atoms with Crippen molar-refractivity contribution in [2.24, 2.45) is 0 Å². The molecule has 1 atom stereocenters. The third-order valence-corrected chi connectivity index (χ3v) is 4.67. The smallest absolute Gasteiger partial charge is 0.249 e. The van der Waals surface area contributed by atoms with E-state index >= 15 is 0 Å². The van der Waals surface area contributed by atoms with Gasteiger partial charge in [-0.1, -0.05) is 17.3 Å². The van der Waals surface area contributed by atoms with Gasteiger partial charge in [0.2, 0.25) is 11.8 Å². The van der Waals surface area contributed by atoms with Gasteiger partial charge in [-0.25, -0.2) is 4.98 Å². The summed E-state index contributed by atoms with van der Waals surface area (Å²) in [6.07, 6.45) is 3.97. The summed E-state index contributed by atoms with van der Waals surface area (Å²) < 4.78 is 5.31. The summed E-state index contributed by atoms with van der Waals surface area (Å²) >= 11 is 0. The van der Waals surface area contributed by atoms with E-state index in [1.807, 2.05) is 29.2 Å². The van der Waals surface area contributed by atoms with E-state index in [0.29, 0.717) is 24.6 Å². The Balaban J connectivity index is 1.45. The van der Waals surface area contributed by atoms with Crippen molar-refractivity contribution in [2.75, 3.05) is 6.54 Å². The molecule has 1 saturated heterocycles. The van der Waals surface area contributed by atoms with Crippen LogP contribution in [0.2, 0.25) is 0 Å². The Hall–Kier alpha value is -2.70. The zero-order valence-electron chi connectivity index (χ0n) is 14.2. The van der Waals surface area contributed by atoms with Crippen LogP contribution in [0.1, 0.15) is 49.3 Å². The average Bonchev–Trinajstić information content (AvgIpc) is 3.25. The number of fused-ring (bicyclic) bond motifs is 1. The van der Waals surface area contributed by atoms with Crippen LogP contribution in [0.3, 0.4) is 0 Å². The fourth-order valence-electron chi connectivity index (χ4n) is 3.43. The quantitative estimate of drug-likeness (QED) is 0.789. The molecule has 0 radical (unpaired) electrons. The van der Waals surface area contributed by atoms with Gasteiger partial charge in [0.1, 0.15) is 11.9 Å². The Morgan fingerprint density at radius 3 is 3.00 bits per heavy atom. The maximum atomic E-state index is 12.8. The van der Waals surface area contributed by atoms with Crippen molar-refractivity contribution in [3.05, 3.63) is 41.8 Å². The summed E-state index contributed by atoms with van der Waals surface area (Å²) in [7, 11) is 0. The van der Waals surface area contributed by atoms with Crippen LogP contribution in [0.5, 0.6) is 0 Å². The Labute approximate surface area is 145 Å². The predicted octanol–water partition coefficient (Wildman–Crippen LogP) is 2.94. The normalized spacial score (nSPS) is 18.0. The number of nitrogens with zero attached hydrogens (tertiary/aromatic N) is 4. The molecular formula is C18H21N5O2. The number of aryl methyl sites for hydroxylation is 2. The number of hydrogen-bond acceptors (Lipinski definition) is 5. The first-order valence-corrected chi connectivity index (χ1v) is 8.74. The molecule has 7 heteroatoms. The minimum Gasteiger partial charge on any atom is -0.342 e. The third kappa shape index (κ3) is 3.26. The van der Waals surface area contributed by atoms with Crippen molar-refractivity contribution in [1.29, 1.82) is 0 Å². The van der Waals surface area contributed by atoms with E-state index in [9.17, 15) is 4.79 Å². The predicted molar refractivity (Wildman–Crippen MR) is 91.8 cm³/mol. The molecule has 1 unspecified atom stereocenters. The maximum absolute atomic E-state index is 12.8. The lowest BCUT2D eigenvalue weighted by molar-refractivity contribution is -0.135. The molecule has 0 saturated carbocycles. The molecule has 3 heterocycles. The molecular weight excluding hydrogens is 318 g/mol. The monoisotopic (exact) mass is 339 g/mol. The Morgan fingerprint density at radius 1 is 1.32 bits per heavy atom. The first-order valence-electron chi connectivity index (χ1n) is 8.74. The molecule has 0 bridgehead atoms. The van der Waals surface area contributed by atoms with Crippen LogP contribution in [0.4, 0.5) is 0 Å². The summed E-state index contributed by atoms with van der Waals surface area (Å²) in [5.41, 5.74) is 1.93. The lowest BCUT2D eigenvalue weighted by atomic mass is 10.0. The van der Waals surface area contributed by atoms with Crippen LogP contribution >= 0.6 is 0 Å². The Kier molecular flexibility index (Phi) is 4.21. The van der Waals surface area contributed by atoms with Crippen LogP contribution in [-0.2, 0) is 11.2 Å². The number of aromatic amines is 1. The highest BCUT2D eigenvalue weighted by Crippen LogP contribution is 2.30. The van der Waals surface area contributed by atoms with Crippen LogP contribution in [0, 0.1) is 6.92 Å². The molecule has 1 aliphatic rings. The van der Waals surface area contributed by atoms with Crippen molar-refractivity contribution in [3.8, 4) is 0 Å². The van der Waals surface area contributed by atoms with Crippen LogP contribution in [0.15, 0.2) is 28.8 Å². The Morgan fingerprint density at radius 2 is 2.20 bits per heavy atom. The van der Waals surface area contributed by atoms with Gasteiger partial charge in [-0.2, -0.15) is 4.98 Å². The van der Waals surface area contributed by atoms with Gasteiger partial charge in [-0.15, -0.1) is 0 Å². The van der Waals surface area contributed by atoms with Crippen molar-refractivity contribution in [2.45, 2.75) is 45.1 Å². The number of likely N-dealkylation sites (tertiary alicyclic amines) is 1. The van der Waals surface area contributed by atoms with Crippen LogP contribution < -0.4 is 0 Å². The topological polar surface area (TPSA) is 87.9 Å². The van der Waals surface area contributed by atoms with Gasteiger partial charge < -0.3 is 14.4 Å². The van der Waals surface area contributed by atoms with Gasteiger partial charge in [0.15, 0.2) is 5.82 Å². The number of carbonyl (C=O) groups excluding carboxylic acids is 1. The van der Waals surface area contributed by atoms with E-state index in [1.165, 1.54) is 0 Å². The second kappa shape index (κ2) is 6.66. The standard InChI is InChI=1S/C18H21N5O2/c1-12-19-18(25-22-12)15-8-4-5-11-23(15)17(24)10-9-16-20-13-6-2-3-7-14(13)21-16/h2-3,6-7,15H,4-5,8-11H2,1H3,(H,20,21). The first-order chi connectivity index (χ1) is 12.2. The molecule has 0 aliphatic carbocycles. The van der Waals surface area contributed by atoms with Gasteiger partial charge in [-0.3, -0.25) is 4.79 Å². The lowest BCUT2D eigenvalue weighted by Gasteiger charge is -2.33. The summed E-state index contributed by atoms with van der Waals surface area (Å²) in [5, 5.41) is 3.86. The van der Waals surface area contributed by atoms with E-state index in [1.54, 1.807) is 6.92 Å². The zero-order valence-corrected chi connectivity index (χ0v) is 14.2. The molecule has 1 fully saturated rings. The second-order valence-corrected chi connectivity index (χ2v) is 6.48. The van der Waals surface area contributed by atoms with E-state index in [4.69, 9.17) is 4.52 Å². The maximum Gasteiger partial charge on any atom is 0.249 e. The molecule has 1 aliphatic heterocycles. The molecule has 2 aromatic heterocycles. The molecule has 130 valence electrons. The highest BCUT2D eigenvalue weighted by Gasteiger charge is 2.31. The summed E-state index contributed by atoms with van der Waals surface area (Å²) in [6.45, 7) is 2.54. The summed E-state index contributed by atoms with van der Waals surface area (Å²) in [5.74, 6) is 2.11. The Bertz CT molecular complexity index is 851. The molecule has 7 nitrogen and oxygen atoms in total. The van der Waals surface area contributed by atoms with E-state index < -0.39 is 0 Å². The first kappa shape index (κ1) is 15.8. The number of amides is 1. The highest BCUT2D eigenvalue weighted by atomic mass is 16.5. The number of nitrogens with one attached hydrogen (secondary N) is 1. The van der Waals surface area contributed by atoms with Gasteiger partial charge in [0.25, 0.3) is 0 Å². The molecule has 1 aromatic carbocycles. The molecule has 1 N–H and O–H groups in total. The molecule has 25 heavy (non-hydrogen) atoms. The van der Waals surface area contributed by atoms with Crippen molar-refractivity contribution in [3.63, 3.8) is 0 Å². The number of H-pyrrole nitrogens is 1. The molecule has 0 spiro atoms. The number of imidazole rings is 1. The van der Waals surface area contributed by atoms with Crippen molar-refractivity contribution in [1.82, 2.24) is 25.0 Å². The SMILES string of the molecule is Cc1noc(C2CCCCN2C(=O)CCc2nc3ccccc3[nH]2)n1. The number of piperidine rings is 1. The van der Waals surface area contributed by atoms with Crippen molar-refractivity contribution >= 4 is 16.9 Å².